The van der Waals surface area contributed by atoms with E-state index in [2.05, 4.69) is 19.7 Å². The highest BCUT2D eigenvalue weighted by Crippen LogP contribution is 2.21. The van der Waals surface area contributed by atoms with E-state index in [0.29, 0.717) is 19.3 Å². The van der Waals surface area contributed by atoms with Crippen molar-refractivity contribution >= 4 is 0 Å². The molecule has 0 aliphatic heterocycles. The van der Waals surface area contributed by atoms with Gasteiger partial charge in [0, 0.05) is 0 Å². The monoisotopic (exact) mass is 211 g/mol. The Labute approximate surface area is 91.6 Å². The topological polar surface area (TPSA) is 77.8 Å². The van der Waals surface area contributed by atoms with E-state index >= 15 is 0 Å². The van der Waals surface area contributed by atoms with Crippen LogP contribution in [-0.2, 0) is 0 Å². The number of aliphatic hydroxyl groups excluding tert-OH is 1. The molecule has 86 valence electrons. The third-order valence-corrected chi connectivity index (χ3v) is 2.01. The third kappa shape index (κ3) is 5.20. The number of hydrogen-bond donors (Lipinski definition) is 2. The van der Waals surface area contributed by atoms with Crippen molar-refractivity contribution < 1.29 is 10.6 Å². The predicted molar refractivity (Wildman–Crippen MR) is 65.7 cm³/mol. The Morgan fingerprint density at radius 1 is 1.13 bits per heavy atom. The van der Waals surface area contributed by atoms with E-state index in [9.17, 15) is 5.11 Å². The summed E-state index contributed by atoms with van der Waals surface area (Å²) < 4.78 is 0. The average molecular weight is 211 g/mol. The lowest BCUT2D eigenvalue weighted by Crippen LogP contribution is -2.41. The van der Waals surface area contributed by atoms with Crippen LogP contribution in [0.1, 0.15) is 19.3 Å². The summed E-state index contributed by atoms with van der Waals surface area (Å²) in [6.45, 7) is 10.8. The summed E-state index contributed by atoms with van der Waals surface area (Å²) in [6.07, 6.45) is 8.43. The maximum Gasteiger partial charge on any atom is 0.109 e. The largest absolute Gasteiger partial charge is 0.511 e. The molecule has 0 spiro atoms. The Morgan fingerprint density at radius 2 is 1.60 bits per heavy atom. The predicted octanol–water partition coefficient (Wildman–Crippen LogP) is 2.03. The molecule has 0 aromatic rings. The highest BCUT2D eigenvalue weighted by molar-refractivity contribution is 5.16. The quantitative estimate of drug-likeness (QED) is 0.499. The lowest BCUT2D eigenvalue weighted by Gasteiger charge is -2.26. The number of nitrogens with two attached hydrogens (primary N) is 1. The van der Waals surface area contributed by atoms with Gasteiger partial charge in [-0.15, -0.1) is 19.7 Å². The van der Waals surface area contributed by atoms with Crippen molar-refractivity contribution in [2.24, 2.45) is 5.73 Å². The number of allylic oxidation sites excluding steroid dienone is 2. The molecular weight excluding hydrogens is 190 g/mol. The van der Waals surface area contributed by atoms with E-state index in [4.69, 9.17) is 5.73 Å². The van der Waals surface area contributed by atoms with Crippen molar-refractivity contribution in [2.75, 3.05) is 0 Å². The minimum Gasteiger partial charge on any atom is -0.511 e. The van der Waals surface area contributed by atoms with Gasteiger partial charge in [-0.3, -0.25) is 0 Å². The first-order chi connectivity index (χ1) is 6.60. The maximum absolute atomic E-state index is 9.75. The van der Waals surface area contributed by atoms with Gasteiger partial charge in [0.1, 0.15) is 5.76 Å². The molecule has 0 bridgehead atoms. The third-order valence-electron chi connectivity index (χ3n) is 2.01. The fraction of sp³-hybridized carbons (Fsp3) is 0.333. The van der Waals surface area contributed by atoms with Gasteiger partial charge in [-0.1, -0.05) is 18.2 Å². The SMILES string of the molecule is C=CCC=C(O)C(N)(CC=C)CC=C.O. The Bertz CT molecular complexity index is 234. The standard InChI is InChI=1S/C12H19NO.H2O/c1-4-7-8-11(14)12(13,9-5-2)10-6-3;/h4-6,8,14H,1-3,7,9-10,13H2;1H2. The molecule has 0 aliphatic carbocycles. The molecule has 0 radical (unpaired) electrons. The lowest BCUT2D eigenvalue weighted by molar-refractivity contribution is 0.293. The van der Waals surface area contributed by atoms with Crippen molar-refractivity contribution in [1.29, 1.82) is 0 Å². The Balaban J connectivity index is 0. The van der Waals surface area contributed by atoms with Gasteiger partial charge < -0.3 is 16.3 Å². The van der Waals surface area contributed by atoms with Crippen LogP contribution in [0.15, 0.2) is 49.8 Å². The second-order valence-corrected chi connectivity index (χ2v) is 3.26. The molecule has 5 N–H and O–H groups in total. The highest BCUT2D eigenvalue weighted by atomic mass is 16.3. The first-order valence-electron chi connectivity index (χ1n) is 4.62. The molecule has 0 fully saturated rings. The molecule has 0 atom stereocenters. The van der Waals surface area contributed by atoms with Gasteiger partial charge in [0.25, 0.3) is 0 Å². The summed E-state index contributed by atoms with van der Waals surface area (Å²) in [5.41, 5.74) is 5.25. The molecule has 15 heavy (non-hydrogen) atoms. The van der Waals surface area contributed by atoms with Crippen LogP contribution in [0, 0.1) is 0 Å². The maximum atomic E-state index is 9.75. The van der Waals surface area contributed by atoms with Crippen LogP contribution in [0.25, 0.3) is 0 Å². The van der Waals surface area contributed by atoms with Crippen LogP contribution >= 0.6 is 0 Å². The molecule has 0 aromatic carbocycles. The number of hydrogen-bond acceptors (Lipinski definition) is 2. The van der Waals surface area contributed by atoms with E-state index in [1.807, 2.05) is 0 Å². The highest BCUT2D eigenvalue weighted by Gasteiger charge is 2.26. The molecule has 0 unspecified atom stereocenters. The lowest BCUT2D eigenvalue weighted by atomic mass is 9.89. The zero-order chi connectivity index (χ0) is 11.0. The van der Waals surface area contributed by atoms with Gasteiger partial charge in [0.05, 0.1) is 5.54 Å². The van der Waals surface area contributed by atoms with Crippen LogP contribution in [-0.4, -0.2) is 16.1 Å². The molecule has 0 aromatic heterocycles. The summed E-state index contributed by atoms with van der Waals surface area (Å²) >= 11 is 0. The van der Waals surface area contributed by atoms with E-state index in [1.54, 1.807) is 24.3 Å². The first kappa shape index (κ1) is 16.1. The van der Waals surface area contributed by atoms with Crippen molar-refractivity contribution in [1.82, 2.24) is 0 Å². The summed E-state index contributed by atoms with van der Waals surface area (Å²) in [7, 11) is 0. The summed E-state index contributed by atoms with van der Waals surface area (Å²) in [4.78, 5) is 0. The Kier molecular flexibility index (Phi) is 8.63. The van der Waals surface area contributed by atoms with E-state index < -0.39 is 5.54 Å². The molecule has 0 rings (SSSR count). The average Bonchev–Trinajstić information content (AvgIpc) is 2.15. The van der Waals surface area contributed by atoms with E-state index in [0.717, 1.165) is 0 Å². The molecule has 0 saturated heterocycles. The zero-order valence-electron chi connectivity index (χ0n) is 9.08. The fourth-order valence-corrected chi connectivity index (χ4v) is 1.21. The normalized spacial score (nSPS) is 11.4. The van der Waals surface area contributed by atoms with Crippen LogP contribution < -0.4 is 5.73 Å². The smallest absolute Gasteiger partial charge is 0.109 e. The second kappa shape index (κ2) is 8.03. The van der Waals surface area contributed by atoms with Gasteiger partial charge in [-0.2, -0.15) is 0 Å². The Morgan fingerprint density at radius 3 is 1.93 bits per heavy atom. The second-order valence-electron chi connectivity index (χ2n) is 3.26. The molecular formula is C12H21NO2. The molecule has 3 heteroatoms. The summed E-state index contributed by atoms with van der Waals surface area (Å²) in [6, 6.07) is 0. The molecule has 0 aliphatic rings. The van der Waals surface area contributed by atoms with Crippen LogP contribution in [0.5, 0.6) is 0 Å². The van der Waals surface area contributed by atoms with Gasteiger partial charge in [-0.25, -0.2) is 0 Å². The summed E-state index contributed by atoms with van der Waals surface area (Å²) in [5.74, 6) is 0.178. The van der Waals surface area contributed by atoms with Crippen LogP contribution in [0.2, 0.25) is 0 Å². The van der Waals surface area contributed by atoms with E-state index in [1.165, 1.54) is 0 Å². The van der Waals surface area contributed by atoms with Crippen LogP contribution in [0.4, 0.5) is 0 Å². The molecule has 0 saturated carbocycles. The zero-order valence-corrected chi connectivity index (χ0v) is 9.08. The molecule has 0 heterocycles. The number of rotatable bonds is 7. The van der Waals surface area contributed by atoms with Crippen LogP contribution in [0.3, 0.4) is 0 Å². The van der Waals surface area contributed by atoms with Gasteiger partial charge in [-0.05, 0) is 25.3 Å². The fourth-order valence-electron chi connectivity index (χ4n) is 1.21. The van der Waals surface area contributed by atoms with Crippen molar-refractivity contribution in [3.8, 4) is 0 Å². The molecule has 3 nitrogen and oxygen atoms in total. The molecule has 0 amide bonds. The van der Waals surface area contributed by atoms with Gasteiger partial charge in [0.15, 0.2) is 0 Å². The van der Waals surface area contributed by atoms with Gasteiger partial charge in [0.2, 0.25) is 0 Å². The van der Waals surface area contributed by atoms with Crippen molar-refractivity contribution in [3.05, 3.63) is 49.8 Å². The number of aliphatic hydroxyl groups is 1. The van der Waals surface area contributed by atoms with Crippen molar-refractivity contribution in [2.45, 2.75) is 24.8 Å². The minimum atomic E-state index is -0.757. The minimum absolute atomic E-state index is 0. The van der Waals surface area contributed by atoms with Gasteiger partial charge >= 0.3 is 0 Å². The van der Waals surface area contributed by atoms with Crippen molar-refractivity contribution in [3.63, 3.8) is 0 Å². The summed E-state index contributed by atoms with van der Waals surface area (Å²) in [5, 5.41) is 9.75. The first-order valence-corrected chi connectivity index (χ1v) is 4.62. The Hall–Kier alpha value is -1.32. The van der Waals surface area contributed by atoms with E-state index in [-0.39, 0.29) is 11.2 Å².